The fourth-order valence-corrected chi connectivity index (χ4v) is 8.04. The van der Waals surface area contributed by atoms with Crippen molar-refractivity contribution < 1.29 is 48.9 Å². The molecule has 2 unspecified atom stereocenters. The van der Waals surface area contributed by atoms with Gasteiger partial charge in [-0.25, -0.2) is 41.9 Å². The van der Waals surface area contributed by atoms with Crippen LogP contribution < -0.4 is 10.6 Å². The molecule has 380 valence electrons. The van der Waals surface area contributed by atoms with Crippen LogP contribution in [-0.4, -0.2) is 23.9 Å². The molecule has 4 aromatic rings. The summed E-state index contributed by atoms with van der Waals surface area (Å²) in [7, 11) is 0. The maximum atomic E-state index is 13.6. The summed E-state index contributed by atoms with van der Waals surface area (Å²) in [6, 6.07) is 30.1. The number of nitrogens with one attached hydrogen (secondary N) is 2. The van der Waals surface area contributed by atoms with Crippen molar-refractivity contribution in [2.24, 2.45) is 0 Å². The van der Waals surface area contributed by atoms with E-state index in [0.29, 0.717) is 36.8 Å². The first-order valence-electron chi connectivity index (χ1n) is 25.9. The molecule has 4 aromatic carbocycles. The van der Waals surface area contributed by atoms with Crippen LogP contribution in [0, 0.1) is 47.6 Å². The van der Waals surface area contributed by atoms with Gasteiger partial charge < -0.3 is 10.6 Å². The maximum absolute atomic E-state index is 13.6. The van der Waals surface area contributed by atoms with E-state index in [1.165, 1.54) is 112 Å². The Kier molecular flexibility index (Phi) is 35.8. The van der Waals surface area contributed by atoms with Gasteiger partial charge in [0.15, 0.2) is 0 Å². The average molecular weight is 1010 g/mol. The number of halogens is 4. The van der Waals surface area contributed by atoms with Gasteiger partial charge in [-0.05, 0) is 63.5 Å². The van der Waals surface area contributed by atoms with Gasteiger partial charge >= 0.3 is 21.7 Å². The van der Waals surface area contributed by atoms with Crippen molar-refractivity contribution in [2.75, 3.05) is 0 Å². The topological polar surface area (TPSA) is 58.2 Å². The third kappa shape index (κ3) is 32.7. The summed E-state index contributed by atoms with van der Waals surface area (Å²) in [4.78, 5) is 24.1. The van der Waals surface area contributed by atoms with Gasteiger partial charge in [0.25, 0.3) is 0 Å². The van der Waals surface area contributed by atoms with Crippen LogP contribution in [-0.2, 0) is 57.0 Å². The standard InChI is InChI=1S/2C26H34F2NO.2C5H5.Ti/c2*1-21(19-23-17-18-24(27)20-25(23)28)29-26(30)16-12-7-5-3-2-4-6-9-13-22-14-10-8-11-15-22;2*1-2-4-5-3-1;/h2*8,10-11,14-15,17-18,21H,2-7,9,12-13,16,19H2,1H3,(H,29,30);2*1-3H,4H2;/q4*-1;+4. The van der Waals surface area contributed by atoms with Crippen molar-refractivity contribution in [1.29, 1.82) is 0 Å². The van der Waals surface area contributed by atoms with Crippen LogP contribution in [0.1, 0.15) is 165 Å². The second-order valence-corrected chi connectivity index (χ2v) is 18.3. The zero-order chi connectivity index (χ0) is 50.3. The zero-order valence-electron chi connectivity index (χ0n) is 42.5. The Morgan fingerprint density at radius 2 is 0.817 bits per heavy atom. The molecule has 71 heavy (non-hydrogen) atoms. The summed E-state index contributed by atoms with van der Waals surface area (Å²) >= 11 is 0. The molecule has 6 rings (SSSR count). The number of aryl methyl sites for hydroxylation is 2. The number of rotatable bonds is 28. The molecule has 2 aliphatic carbocycles. The van der Waals surface area contributed by atoms with E-state index < -0.39 is 23.3 Å². The van der Waals surface area contributed by atoms with E-state index in [0.717, 1.165) is 51.4 Å². The summed E-state index contributed by atoms with van der Waals surface area (Å²) in [6.07, 6.45) is 42.8. The van der Waals surface area contributed by atoms with Gasteiger partial charge in [0.2, 0.25) is 11.8 Å². The van der Waals surface area contributed by atoms with E-state index >= 15 is 0 Å². The molecule has 0 aromatic heterocycles. The molecule has 0 heterocycles. The van der Waals surface area contributed by atoms with Crippen LogP contribution >= 0.6 is 0 Å². The molecule has 0 spiro atoms. The average Bonchev–Trinajstić information content (AvgIpc) is 4.15. The quantitative estimate of drug-likeness (QED) is 0.0258. The van der Waals surface area contributed by atoms with Crippen LogP contribution in [0.5, 0.6) is 0 Å². The number of hydrogen-bond donors (Lipinski definition) is 2. The van der Waals surface area contributed by atoms with E-state index in [-0.39, 0.29) is 45.6 Å². The number of allylic oxidation sites excluding steroid dienone is 8. The molecule has 2 aliphatic rings. The minimum absolute atomic E-state index is 0. The second-order valence-electron chi connectivity index (χ2n) is 18.3. The Morgan fingerprint density at radius 1 is 0.479 bits per heavy atom. The van der Waals surface area contributed by atoms with Crippen LogP contribution in [0.2, 0.25) is 0 Å². The molecule has 0 fully saturated rings. The molecule has 0 radical (unpaired) electrons. The fourth-order valence-electron chi connectivity index (χ4n) is 8.04. The summed E-state index contributed by atoms with van der Waals surface area (Å²) in [5.41, 5.74) is 3.58. The number of carbonyl (C=O) groups excluding carboxylic acids is 2. The van der Waals surface area contributed by atoms with Crippen molar-refractivity contribution in [3.8, 4) is 0 Å². The van der Waals surface area contributed by atoms with Crippen LogP contribution in [0.25, 0.3) is 0 Å². The number of benzene rings is 4. The Labute approximate surface area is 440 Å². The van der Waals surface area contributed by atoms with Crippen LogP contribution in [0.3, 0.4) is 0 Å². The van der Waals surface area contributed by atoms with E-state index in [1.807, 2.05) is 50.3 Å². The molecular weight excluding hydrogens is 929 g/mol. The SMILES string of the molecule is CC(Cc1ccc(F)[c-]c1F)NC(=O)CCCCCCCCCCc1ccccc1.CC(Cc1ccc(F)[c-]c1F)NC(=O)CCCCCCCCCCc1ccccc1.[C-]1=CC=CC1.[C-]1=CC=CC1.[Ti+4]. The third-order valence-electron chi connectivity index (χ3n) is 11.8. The van der Waals surface area contributed by atoms with E-state index in [1.54, 1.807) is 0 Å². The molecule has 2 amide bonds. The first-order valence-corrected chi connectivity index (χ1v) is 25.9. The molecule has 0 bridgehead atoms. The zero-order valence-corrected chi connectivity index (χ0v) is 44.1. The van der Waals surface area contributed by atoms with Gasteiger partial charge in [-0.15, -0.1) is 48.2 Å². The Bertz CT molecular complexity index is 1950. The minimum Gasteiger partial charge on any atom is -0.354 e. The molecule has 0 saturated heterocycles. The molecule has 2 atom stereocenters. The number of unbranched alkanes of at least 4 members (excludes halogenated alkanes) is 14. The molecule has 2 N–H and O–H groups in total. The monoisotopic (exact) mass is 1010 g/mol. The third-order valence-corrected chi connectivity index (χ3v) is 11.8. The molecule has 0 saturated carbocycles. The van der Waals surface area contributed by atoms with Crippen LogP contribution in [0.4, 0.5) is 17.6 Å². The predicted molar refractivity (Wildman–Crippen MR) is 280 cm³/mol. The van der Waals surface area contributed by atoms with Crippen molar-refractivity contribution in [3.05, 3.63) is 191 Å². The molecule has 9 heteroatoms. The summed E-state index contributed by atoms with van der Waals surface area (Å²) in [5, 5.41) is 5.79. The van der Waals surface area contributed by atoms with Gasteiger partial charge in [0.05, 0.1) is 0 Å². The van der Waals surface area contributed by atoms with E-state index in [4.69, 9.17) is 0 Å². The van der Waals surface area contributed by atoms with Crippen molar-refractivity contribution in [3.63, 3.8) is 0 Å². The largest absolute Gasteiger partial charge is 4.00 e. The van der Waals surface area contributed by atoms with Gasteiger partial charge in [0.1, 0.15) is 0 Å². The van der Waals surface area contributed by atoms with Crippen molar-refractivity contribution >= 4 is 11.8 Å². The van der Waals surface area contributed by atoms with Crippen molar-refractivity contribution in [1.82, 2.24) is 10.6 Å². The minimum atomic E-state index is -0.708. The van der Waals surface area contributed by atoms with Crippen LogP contribution in [0.15, 0.2) is 121 Å². The first kappa shape index (κ1) is 62.3. The summed E-state index contributed by atoms with van der Waals surface area (Å²) < 4.78 is 53.1. The maximum Gasteiger partial charge on any atom is 4.00 e. The van der Waals surface area contributed by atoms with E-state index in [9.17, 15) is 27.2 Å². The second kappa shape index (κ2) is 40.8. The first-order chi connectivity index (χ1) is 34.1. The molecule has 4 nitrogen and oxygen atoms in total. The number of carbonyl (C=O) groups is 2. The van der Waals surface area contributed by atoms with Gasteiger partial charge in [-0.3, -0.25) is 21.7 Å². The molecular formula is C62H78F4N2O2Ti. The van der Waals surface area contributed by atoms with Gasteiger partial charge in [-0.2, -0.15) is 24.3 Å². The summed E-state index contributed by atoms with van der Waals surface area (Å²) in [6.45, 7) is 3.66. The fraction of sp³-hybridized carbons (Fsp3) is 0.452. The van der Waals surface area contributed by atoms with E-state index in [2.05, 4.69) is 95.6 Å². The number of hydrogen-bond acceptors (Lipinski definition) is 2. The number of amides is 2. The predicted octanol–water partition coefficient (Wildman–Crippen LogP) is 15.7. The Hall–Kier alpha value is -4.79. The van der Waals surface area contributed by atoms with Crippen molar-refractivity contribution in [2.45, 2.75) is 180 Å². The smallest absolute Gasteiger partial charge is 0.354 e. The Balaban J connectivity index is 0.000000399. The Morgan fingerprint density at radius 3 is 1.11 bits per heavy atom. The molecule has 0 aliphatic heterocycles. The normalized spacial score (nSPS) is 12.6. The van der Waals surface area contributed by atoms with Gasteiger partial charge in [0, 0.05) is 48.2 Å². The van der Waals surface area contributed by atoms with Gasteiger partial charge in [-0.1, -0.05) is 151 Å². The summed E-state index contributed by atoms with van der Waals surface area (Å²) in [5.74, 6) is -2.79.